The van der Waals surface area contributed by atoms with E-state index in [0.29, 0.717) is 13.1 Å². The molecule has 1 atom stereocenters. The lowest BCUT2D eigenvalue weighted by Gasteiger charge is -2.39. The van der Waals surface area contributed by atoms with Gasteiger partial charge in [0.05, 0.1) is 10.8 Å². The average Bonchev–Trinajstić information content (AvgIpc) is 3.25. The largest absolute Gasteiger partial charge is 0.350 e. The molecule has 0 saturated carbocycles. The first-order valence-electron chi connectivity index (χ1n) is 8.22. The Labute approximate surface area is 144 Å². The highest BCUT2D eigenvalue weighted by Gasteiger charge is 2.46. The first-order chi connectivity index (χ1) is 11.7. The number of aromatic nitrogens is 1. The van der Waals surface area contributed by atoms with Crippen molar-refractivity contribution < 1.29 is 9.59 Å². The molecule has 1 spiro atoms. The molecule has 4 rings (SSSR count). The summed E-state index contributed by atoms with van der Waals surface area (Å²) < 4.78 is 0. The number of nitrogens with zero attached hydrogens (tertiary/aromatic N) is 2. The van der Waals surface area contributed by atoms with Crippen molar-refractivity contribution in [3.63, 3.8) is 0 Å². The highest BCUT2D eigenvalue weighted by molar-refractivity contribution is 7.12. The van der Waals surface area contributed by atoms with Crippen molar-refractivity contribution in [1.82, 2.24) is 15.2 Å². The molecule has 124 valence electrons. The molecule has 2 aromatic heterocycles. The van der Waals surface area contributed by atoms with Gasteiger partial charge in [0, 0.05) is 31.0 Å². The van der Waals surface area contributed by atoms with Crippen molar-refractivity contribution in [2.75, 3.05) is 13.1 Å². The zero-order valence-corrected chi connectivity index (χ0v) is 14.1. The third-order valence-corrected chi connectivity index (χ3v) is 5.98. The summed E-state index contributed by atoms with van der Waals surface area (Å²) in [5.41, 5.74) is 0.799. The number of likely N-dealkylation sites (tertiary alicyclic amines) is 1. The van der Waals surface area contributed by atoms with Crippen LogP contribution in [-0.2, 0) is 4.79 Å². The van der Waals surface area contributed by atoms with Crippen molar-refractivity contribution in [2.24, 2.45) is 0 Å². The van der Waals surface area contributed by atoms with Crippen LogP contribution in [-0.4, -0.2) is 40.3 Å². The lowest BCUT2D eigenvalue weighted by Crippen LogP contribution is -2.52. The number of carbonyl (C=O) groups excluding carboxylic acids is 2. The minimum atomic E-state index is -0.177. The topological polar surface area (TPSA) is 62.3 Å². The van der Waals surface area contributed by atoms with Gasteiger partial charge >= 0.3 is 0 Å². The van der Waals surface area contributed by atoms with Crippen LogP contribution < -0.4 is 5.32 Å². The normalized spacial score (nSPS) is 22.6. The molecule has 1 N–H and O–H groups in total. The zero-order chi connectivity index (χ0) is 16.6. The minimum absolute atomic E-state index is 0.0843. The van der Waals surface area contributed by atoms with Crippen LogP contribution in [0, 0.1) is 0 Å². The van der Waals surface area contributed by atoms with Gasteiger partial charge in [-0.2, -0.15) is 0 Å². The summed E-state index contributed by atoms with van der Waals surface area (Å²) in [5.74, 6) is 0.0623. The number of nitrogens with one attached hydrogen (secondary N) is 1. The van der Waals surface area contributed by atoms with E-state index < -0.39 is 0 Å². The van der Waals surface area contributed by atoms with Crippen LogP contribution >= 0.6 is 11.3 Å². The molecule has 0 unspecified atom stereocenters. The SMILES string of the molecule is O=C1NC2(CCN(C(=O)c3cccs3)CC2)C[C@@H]1c1cccnc1. The monoisotopic (exact) mass is 341 g/mol. The Morgan fingerprint density at radius 2 is 2.12 bits per heavy atom. The second kappa shape index (κ2) is 6.02. The number of carbonyl (C=O) groups is 2. The summed E-state index contributed by atoms with van der Waals surface area (Å²) in [4.78, 5) is 31.7. The third kappa shape index (κ3) is 2.71. The first-order valence-corrected chi connectivity index (χ1v) is 9.10. The maximum absolute atomic E-state index is 12.5. The van der Waals surface area contributed by atoms with Gasteiger partial charge in [-0.25, -0.2) is 0 Å². The molecule has 2 amide bonds. The number of rotatable bonds is 2. The summed E-state index contributed by atoms with van der Waals surface area (Å²) in [5, 5.41) is 5.13. The molecule has 2 fully saturated rings. The predicted molar refractivity (Wildman–Crippen MR) is 91.9 cm³/mol. The van der Waals surface area contributed by atoms with E-state index in [2.05, 4.69) is 10.3 Å². The molecule has 0 aliphatic carbocycles. The van der Waals surface area contributed by atoms with Gasteiger partial charge in [-0.1, -0.05) is 12.1 Å². The van der Waals surface area contributed by atoms with E-state index >= 15 is 0 Å². The van der Waals surface area contributed by atoms with E-state index in [1.54, 1.807) is 12.4 Å². The Morgan fingerprint density at radius 3 is 2.79 bits per heavy atom. The number of pyridine rings is 1. The van der Waals surface area contributed by atoms with E-state index in [-0.39, 0.29) is 23.3 Å². The molecule has 2 aromatic rings. The summed E-state index contributed by atoms with van der Waals surface area (Å²) in [7, 11) is 0. The number of thiophene rings is 1. The van der Waals surface area contributed by atoms with Gasteiger partial charge in [0.1, 0.15) is 0 Å². The summed E-state index contributed by atoms with van der Waals surface area (Å²) >= 11 is 1.48. The second-order valence-corrected chi connectivity index (χ2v) is 7.53. The van der Waals surface area contributed by atoms with Gasteiger partial charge in [0.25, 0.3) is 5.91 Å². The molecule has 2 aliphatic rings. The highest BCUT2D eigenvalue weighted by atomic mass is 32.1. The Balaban J connectivity index is 1.44. The van der Waals surface area contributed by atoms with E-state index in [0.717, 1.165) is 29.7 Å². The second-order valence-electron chi connectivity index (χ2n) is 6.58. The van der Waals surface area contributed by atoms with Gasteiger partial charge in [-0.3, -0.25) is 14.6 Å². The van der Waals surface area contributed by atoms with Gasteiger partial charge in [0.2, 0.25) is 5.91 Å². The highest BCUT2D eigenvalue weighted by Crippen LogP contribution is 2.39. The van der Waals surface area contributed by atoms with Crippen LogP contribution in [0.25, 0.3) is 0 Å². The first kappa shape index (κ1) is 15.3. The van der Waals surface area contributed by atoms with Gasteiger partial charge in [0.15, 0.2) is 0 Å². The number of amides is 2. The molecule has 4 heterocycles. The van der Waals surface area contributed by atoms with Crippen molar-refractivity contribution >= 4 is 23.2 Å². The van der Waals surface area contributed by atoms with Crippen molar-refractivity contribution in [3.8, 4) is 0 Å². The molecule has 5 nitrogen and oxygen atoms in total. The fourth-order valence-corrected chi connectivity index (χ4v) is 4.45. The van der Waals surface area contributed by atoms with Crippen LogP contribution in [0.2, 0.25) is 0 Å². The standard InChI is InChI=1S/C18H19N3O2S/c22-16-14(13-3-1-7-19-12-13)11-18(20-16)5-8-21(9-6-18)17(23)15-4-2-10-24-15/h1-4,7,10,12,14H,5-6,8-9,11H2,(H,20,22)/t14-/m1/s1. The summed E-state index contributed by atoms with van der Waals surface area (Å²) in [6.45, 7) is 1.38. The maximum atomic E-state index is 12.5. The Morgan fingerprint density at radius 1 is 1.29 bits per heavy atom. The molecule has 2 saturated heterocycles. The van der Waals surface area contributed by atoms with Crippen molar-refractivity contribution in [2.45, 2.75) is 30.7 Å². The van der Waals surface area contributed by atoms with E-state index in [4.69, 9.17) is 0 Å². The quantitative estimate of drug-likeness (QED) is 0.912. The van der Waals surface area contributed by atoms with Crippen molar-refractivity contribution in [1.29, 1.82) is 0 Å². The molecule has 24 heavy (non-hydrogen) atoms. The molecule has 2 aliphatic heterocycles. The number of hydrogen-bond donors (Lipinski definition) is 1. The molecule has 0 aromatic carbocycles. The van der Waals surface area contributed by atoms with Gasteiger partial charge < -0.3 is 10.2 Å². The lowest BCUT2D eigenvalue weighted by molar-refractivity contribution is -0.121. The van der Waals surface area contributed by atoms with Crippen LogP contribution in [0.1, 0.15) is 40.4 Å². The average molecular weight is 341 g/mol. The lowest BCUT2D eigenvalue weighted by atomic mass is 9.82. The molecule has 0 bridgehead atoms. The van der Waals surface area contributed by atoms with E-state index in [1.807, 2.05) is 34.5 Å². The number of piperidine rings is 1. The fraction of sp³-hybridized carbons (Fsp3) is 0.389. The van der Waals surface area contributed by atoms with E-state index in [9.17, 15) is 9.59 Å². The maximum Gasteiger partial charge on any atom is 0.263 e. The summed E-state index contributed by atoms with van der Waals surface area (Å²) in [6.07, 6.45) is 5.91. The van der Waals surface area contributed by atoms with Crippen molar-refractivity contribution in [3.05, 3.63) is 52.5 Å². The predicted octanol–water partition coefficient (Wildman–Crippen LogP) is 2.42. The van der Waals surface area contributed by atoms with Crippen LogP contribution in [0.3, 0.4) is 0 Å². The van der Waals surface area contributed by atoms with Gasteiger partial charge in [-0.15, -0.1) is 11.3 Å². The van der Waals surface area contributed by atoms with E-state index in [1.165, 1.54) is 11.3 Å². The van der Waals surface area contributed by atoms with Crippen LogP contribution in [0.4, 0.5) is 0 Å². The Kier molecular flexibility index (Phi) is 3.84. The molecule has 6 heteroatoms. The Hall–Kier alpha value is -2.21. The zero-order valence-electron chi connectivity index (χ0n) is 13.3. The Bertz CT molecular complexity index is 737. The fourth-order valence-electron chi connectivity index (χ4n) is 3.76. The number of hydrogen-bond acceptors (Lipinski definition) is 4. The summed E-state index contributed by atoms with van der Waals surface area (Å²) in [6, 6.07) is 7.60. The molecular formula is C18H19N3O2S. The van der Waals surface area contributed by atoms with Crippen LogP contribution in [0.15, 0.2) is 42.0 Å². The minimum Gasteiger partial charge on any atom is -0.350 e. The van der Waals surface area contributed by atoms with Gasteiger partial charge in [-0.05, 0) is 42.3 Å². The molecule has 0 radical (unpaired) electrons. The van der Waals surface area contributed by atoms with Crippen LogP contribution in [0.5, 0.6) is 0 Å². The smallest absolute Gasteiger partial charge is 0.263 e. The third-order valence-electron chi connectivity index (χ3n) is 5.13. The molecular weight excluding hydrogens is 322 g/mol.